The van der Waals surface area contributed by atoms with Crippen molar-refractivity contribution in [3.05, 3.63) is 81.4 Å². The number of aliphatic hydroxyl groups excluding tert-OH is 2. The molecule has 0 bridgehead atoms. The van der Waals surface area contributed by atoms with Gasteiger partial charge in [0.2, 0.25) is 11.8 Å². The van der Waals surface area contributed by atoms with Gasteiger partial charge in [-0.15, -0.1) is 0 Å². The van der Waals surface area contributed by atoms with Gasteiger partial charge in [-0.2, -0.15) is 0 Å². The molecule has 0 radical (unpaired) electrons. The van der Waals surface area contributed by atoms with Gasteiger partial charge in [0.15, 0.2) is 0 Å². The van der Waals surface area contributed by atoms with Crippen LogP contribution in [0, 0.1) is 31.6 Å². The number of hydrogen-bond donors (Lipinski definition) is 3. The molecule has 0 aromatic heterocycles. The highest BCUT2D eigenvalue weighted by molar-refractivity contribution is 6.06. The molecule has 2 amide bonds. The molecule has 0 unspecified atom stereocenters. The first-order valence-corrected chi connectivity index (χ1v) is 16.8. The van der Waals surface area contributed by atoms with Crippen molar-refractivity contribution >= 4 is 17.9 Å². The van der Waals surface area contributed by atoms with Crippen LogP contribution in [0.3, 0.4) is 0 Å². The minimum atomic E-state index is -0.875. The van der Waals surface area contributed by atoms with Gasteiger partial charge >= 0.3 is 0 Å². The fourth-order valence-corrected chi connectivity index (χ4v) is 7.96. The maximum atomic E-state index is 14.0. The van der Waals surface area contributed by atoms with Crippen LogP contribution in [-0.2, 0) is 20.9 Å². The van der Waals surface area contributed by atoms with Crippen molar-refractivity contribution in [2.45, 2.75) is 78.0 Å². The van der Waals surface area contributed by atoms with E-state index in [4.69, 9.17) is 4.74 Å². The zero-order chi connectivity index (χ0) is 33.0. The molecule has 1 aliphatic carbocycles. The summed E-state index contributed by atoms with van der Waals surface area (Å²) in [6.07, 6.45) is 4.92. The van der Waals surface area contributed by atoms with E-state index in [0.717, 1.165) is 66.7 Å². The minimum absolute atomic E-state index is 0.146. The maximum Gasteiger partial charge on any atom is 0.234 e. The lowest BCUT2D eigenvalue weighted by Gasteiger charge is -2.37. The molecule has 46 heavy (non-hydrogen) atoms. The quantitative estimate of drug-likeness (QED) is 0.219. The first-order chi connectivity index (χ1) is 22.2. The molecule has 4 atom stereocenters. The van der Waals surface area contributed by atoms with Gasteiger partial charge in [0.25, 0.3) is 0 Å². The van der Waals surface area contributed by atoms with Crippen molar-refractivity contribution < 1.29 is 29.6 Å². The van der Waals surface area contributed by atoms with Crippen LogP contribution in [0.2, 0.25) is 0 Å². The lowest BCUT2D eigenvalue weighted by molar-refractivity contribution is -0.144. The molecule has 2 aromatic carbocycles. The summed E-state index contributed by atoms with van der Waals surface area (Å²) in [7, 11) is 1.59. The summed E-state index contributed by atoms with van der Waals surface area (Å²) >= 11 is 0. The molecule has 8 nitrogen and oxygen atoms in total. The van der Waals surface area contributed by atoms with Gasteiger partial charge in [-0.3, -0.25) is 19.4 Å². The van der Waals surface area contributed by atoms with E-state index in [1.807, 2.05) is 44.2 Å². The number of nitrogens with zero attached hydrogens (tertiary/aromatic N) is 2. The van der Waals surface area contributed by atoms with E-state index >= 15 is 0 Å². The summed E-state index contributed by atoms with van der Waals surface area (Å²) in [5.41, 5.74) is 6.54. The smallest absolute Gasteiger partial charge is 0.234 e. The van der Waals surface area contributed by atoms with Gasteiger partial charge in [0.1, 0.15) is 5.75 Å². The highest BCUT2D eigenvalue weighted by Crippen LogP contribution is 2.47. The number of allylic oxidation sites excluding steroid dienone is 1. The Balaban J connectivity index is 1.30. The van der Waals surface area contributed by atoms with Gasteiger partial charge in [-0.05, 0) is 97.9 Å². The molecule has 3 aliphatic rings. The molecular formula is C38H50N2O6. The number of ether oxygens (including phenoxy) is 1. The van der Waals surface area contributed by atoms with Crippen molar-refractivity contribution in [3.8, 4) is 5.75 Å². The number of fused-ring (bicyclic) bond motifs is 1. The van der Waals surface area contributed by atoms with Gasteiger partial charge in [-0.1, -0.05) is 48.9 Å². The second-order valence-electron chi connectivity index (χ2n) is 13.4. The number of hydrogen-bond acceptors (Lipinski definition) is 7. The molecule has 5 rings (SSSR count). The summed E-state index contributed by atoms with van der Waals surface area (Å²) in [5.74, 6) is -1.89. The van der Waals surface area contributed by atoms with Crippen LogP contribution >= 0.6 is 0 Å². The lowest BCUT2D eigenvalue weighted by atomic mass is 9.68. The second kappa shape index (κ2) is 15.1. The second-order valence-corrected chi connectivity index (χ2v) is 13.4. The van der Waals surface area contributed by atoms with Crippen molar-refractivity contribution in [2.75, 3.05) is 33.4 Å². The Hall–Kier alpha value is -3.30. The third kappa shape index (κ3) is 7.15. The van der Waals surface area contributed by atoms with Crippen LogP contribution in [0.15, 0.2) is 59.2 Å². The number of likely N-dealkylation sites (tertiary alicyclic amines) is 2. The van der Waals surface area contributed by atoms with Gasteiger partial charge in [0, 0.05) is 38.7 Å². The number of imide groups is 1. The number of aliphatic hydroxyl groups is 2. The minimum Gasteiger partial charge on any atom is -0.507 e. The van der Waals surface area contributed by atoms with Crippen LogP contribution in [0.25, 0.3) is 6.08 Å². The number of aryl methyl sites for hydroxylation is 2. The molecule has 2 saturated heterocycles. The summed E-state index contributed by atoms with van der Waals surface area (Å²) in [6.45, 7) is 8.25. The van der Waals surface area contributed by atoms with E-state index in [1.54, 1.807) is 7.11 Å². The standard InChI is InChI=1S/C38H50N2O6/c1-5-26(19-28-17-24(2)36(43)25(3)18-28)11-12-33(42)34-29(23-46-4)20-31-35(32(34)22-41)38(45)40(37(31)44)30-13-15-39(16-14-30)21-27-9-7-6-8-10-27/h6-10,17-19,30-33,35,41-43H,5,11-16,20-23H2,1-4H3/b26-19+/t31-,32+,33-,35-/m1/s1. The number of piperidine rings is 1. The van der Waals surface area contributed by atoms with Crippen molar-refractivity contribution in [2.24, 2.45) is 17.8 Å². The number of carbonyl (C=O) groups is 2. The van der Waals surface area contributed by atoms with Crippen LogP contribution in [0.5, 0.6) is 5.75 Å². The highest BCUT2D eigenvalue weighted by Gasteiger charge is 2.56. The third-order valence-electron chi connectivity index (χ3n) is 10.3. The largest absolute Gasteiger partial charge is 0.507 e. The Labute approximate surface area is 273 Å². The molecule has 2 heterocycles. The molecular weight excluding hydrogens is 580 g/mol. The van der Waals surface area contributed by atoms with Gasteiger partial charge in [-0.25, -0.2) is 0 Å². The monoisotopic (exact) mass is 630 g/mol. The fraction of sp³-hybridized carbons (Fsp3) is 0.526. The highest BCUT2D eigenvalue weighted by atomic mass is 16.5. The average molecular weight is 631 g/mol. The molecule has 8 heteroatoms. The summed E-state index contributed by atoms with van der Waals surface area (Å²) < 4.78 is 5.53. The number of rotatable bonds is 12. The number of carbonyl (C=O) groups excluding carboxylic acids is 2. The molecule has 2 fully saturated rings. The Kier molecular flexibility index (Phi) is 11.2. The van der Waals surface area contributed by atoms with Crippen LogP contribution < -0.4 is 0 Å². The normalized spacial score (nSPS) is 23.7. The van der Waals surface area contributed by atoms with E-state index in [2.05, 4.69) is 30.0 Å². The third-order valence-corrected chi connectivity index (χ3v) is 10.3. The van der Waals surface area contributed by atoms with Crippen LogP contribution in [0.1, 0.15) is 67.7 Å². The Morgan fingerprint density at radius 1 is 1.07 bits per heavy atom. The first-order valence-electron chi connectivity index (χ1n) is 16.8. The zero-order valence-electron chi connectivity index (χ0n) is 27.7. The van der Waals surface area contributed by atoms with E-state index in [1.165, 1.54) is 10.5 Å². The Bertz CT molecular complexity index is 1440. The fourth-order valence-electron chi connectivity index (χ4n) is 7.96. The summed E-state index contributed by atoms with van der Waals surface area (Å²) in [6, 6.07) is 14.1. The van der Waals surface area contributed by atoms with Crippen LogP contribution in [0.4, 0.5) is 0 Å². The molecule has 248 valence electrons. The number of benzene rings is 2. The van der Waals surface area contributed by atoms with Gasteiger partial charge < -0.3 is 20.1 Å². The van der Waals surface area contributed by atoms with Crippen LogP contribution in [-0.4, -0.2) is 82.5 Å². The molecule has 0 saturated carbocycles. The maximum absolute atomic E-state index is 14.0. The SMILES string of the molecule is CC/C(=C\c1cc(C)c(O)c(C)c1)CC[C@@H](O)C1=C(COC)C[C@H]2C(=O)N(C3CCN(Cc4ccccc4)CC3)C(=O)[C@H]2[C@H]1CO. The Morgan fingerprint density at radius 3 is 2.35 bits per heavy atom. The lowest BCUT2D eigenvalue weighted by Crippen LogP contribution is -2.47. The van der Waals surface area contributed by atoms with E-state index in [-0.39, 0.29) is 31.1 Å². The molecule has 2 aliphatic heterocycles. The molecule has 0 spiro atoms. The van der Waals surface area contributed by atoms with Gasteiger partial charge in [0.05, 0.1) is 31.2 Å². The topological polar surface area (TPSA) is 111 Å². The Morgan fingerprint density at radius 2 is 1.74 bits per heavy atom. The average Bonchev–Trinajstić information content (AvgIpc) is 3.30. The van der Waals surface area contributed by atoms with E-state index < -0.39 is 23.9 Å². The number of aromatic hydroxyl groups is 1. The van der Waals surface area contributed by atoms with Crippen molar-refractivity contribution in [1.82, 2.24) is 9.80 Å². The predicted octanol–water partition coefficient (Wildman–Crippen LogP) is 5.16. The number of amides is 2. The number of methoxy groups -OCH3 is 1. The van der Waals surface area contributed by atoms with E-state index in [9.17, 15) is 24.9 Å². The number of phenolic OH excluding ortho intramolecular Hbond substituents is 1. The zero-order valence-corrected chi connectivity index (χ0v) is 27.7. The van der Waals surface area contributed by atoms with Crippen molar-refractivity contribution in [1.29, 1.82) is 0 Å². The summed E-state index contributed by atoms with van der Waals surface area (Å²) in [4.78, 5) is 31.8. The molecule has 2 aromatic rings. The predicted molar refractivity (Wildman–Crippen MR) is 179 cm³/mol. The summed E-state index contributed by atoms with van der Waals surface area (Å²) in [5, 5.41) is 32.5. The van der Waals surface area contributed by atoms with E-state index in [0.29, 0.717) is 30.6 Å². The molecule has 3 N–H and O–H groups in total. The number of phenols is 1. The van der Waals surface area contributed by atoms with Crippen molar-refractivity contribution in [3.63, 3.8) is 0 Å². The first kappa shape index (κ1) is 34.0.